The second kappa shape index (κ2) is 5.29. The number of hydrogen-bond acceptors (Lipinski definition) is 4. The third kappa shape index (κ3) is 2.31. The number of aromatic nitrogens is 1. The molecule has 106 valence electrons. The number of rotatable bonds is 3. The van der Waals surface area contributed by atoms with Gasteiger partial charge < -0.3 is 15.0 Å². The van der Waals surface area contributed by atoms with E-state index in [-0.39, 0.29) is 0 Å². The molecule has 1 aromatic carbocycles. The molecular formula is C16H21N3O. The first-order valence-corrected chi connectivity index (χ1v) is 7.06. The van der Waals surface area contributed by atoms with Crippen molar-refractivity contribution in [1.82, 2.24) is 9.88 Å². The summed E-state index contributed by atoms with van der Waals surface area (Å²) >= 11 is 0. The lowest BCUT2D eigenvalue weighted by Gasteiger charge is -2.21. The number of fused-ring (bicyclic) bond motifs is 3. The number of ether oxygens (including phenoxy) is 1. The van der Waals surface area contributed by atoms with Crippen molar-refractivity contribution in [3.8, 4) is 5.75 Å². The summed E-state index contributed by atoms with van der Waals surface area (Å²) in [5.74, 6) is 0.915. The van der Waals surface area contributed by atoms with Gasteiger partial charge in [-0.1, -0.05) is 0 Å². The number of nitrogens with one attached hydrogen (secondary N) is 1. The van der Waals surface area contributed by atoms with E-state index < -0.39 is 0 Å². The molecule has 2 aromatic rings. The summed E-state index contributed by atoms with van der Waals surface area (Å²) in [5, 5.41) is 4.63. The summed E-state index contributed by atoms with van der Waals surface area (Å²) in [7, 11) is 5.87. The van der Waals surface area contributed by atoms with Crippen LogP contribution in [0.25, 0.3) is 10.9 Å². The van der Waals surface area contributed by atoms with Gasteiger partial charge in [0.1, 0.15) is 5.75 Å². The fraction of sp³-hybridized carbons (Fsp3) is 0.438. The van der Waals surface area contributed by atoms with Gasteiger partial charge in [-0.3, -0.25) is 4.98 Å². The van der Waals surface area contributed by atoms with E-state index in [2.05, 4.69) is 41.4 Å². The summed E-state index contributed by atoms with van der Waals surface area (Å²) in [4.78, 5) is 6.78. The molecule has 1 aromatic heterocycles. The van der Waals surface area contributed by atoms with E-state index in [1.54, 1.807) is 7.11 Å². The fourth-order valence-electron chi connectivity index (χ4n) is 2.88. The summed E-state index contributed by atoms with van der Waals surface area (Å²) < 4.78 is 5.62. The molecule has 1 N–H and O–H groups in total. The van der Waals surface area contributed by atoms with Gasteiger partial charge in [0.2, 0.25) is 0 Å². The molecular weight excluding hydrogens is 250 g/mol. The van der Waals surface area contributed by atoms with Crippen LogP contribution in [0.2, 0.25) is 0 Å². The minimum atomic E-state index is 0.887. The highest BCUT2D eigenvalue weighted by Crippen LogP contribution is 2.36. The zero-order chi connectivity index (χ0) is 14.1. The van der Waals surface area contributed by atoms with Crippen molar-refractivity contribution in [3.63, 3.8) is 0 Å². The molecule has 4 nitrogen and oxygen atoms in total. The van der Waals surface area contributed by atoms with Crippen LogP contribution in [0.3, 0.4) is 0 Å². The molecule has 0 spiro atoms. The first-order valence-electron chi connectivity index (χ1n) is 7.06. The number of methoxy groups -OCH3 is 1. The molecule has 2 heterocycles. The summed E-state index contributed by atoms with van der Waals surface area (Å²) in [6, 6.07) is 4.29. The second-order valence-corrected chi connectivity index (χ2v) is 5.62. The molecule has 0 unspecified atom stereocenters. The van der Waals surface area contributed by atoms with E-state index in [4.69, 9.17) is 4.74 Å². The van der Waals surface area contributed by atoms with Crippen LogP contribution in [0.5, 0.6) is 5.75 Å². The van der Waals surface area contributed by atoms with Gasteiger partial charge in [0, 0.05) is 19.3 Å². The summed E-state index contributed by atoms with van der Waals surface area (Å²) in [6.45, 7) is 1.91. The highest BCUT2D eigenvalue weighted by molar-refractivity contribution is 5.98. The van der Waals surface area contributed by atoms with Crippen LogP contribution in [0.15, 0.2) is 18.3 Å². The van der Waals surface area contributed by atoms with E-state index in [9.17, 15) is 0 Å². The molecule has 0 fully saturated rings. The zero-order valence-corrected chi connectivity index (χ0v) is 12.4. The molecule has 0 saturated carbocycles. The Morgan fingerprint density at radius 1 is 1.35 bits per heavy atom. The molecule has 1 aliphatic rings. The van der Waals surface area contributed by atoms with Crippen LogP contribution in [0, 0.1) is 0 Å². The molecule has 4 heteroatoms. The number of aryl methyl sites for hydroxylation is 1. The van der Waals surface area contributed by atoms with Gasteiger partial charge in [-0.25, -0.2) is 0 Å². The van der Waals surface area contributed by atoms with Crippen molar-refractivity contribution in [2.45, 2.75) is 19.4 Å². The number of hydrogen-bond donors (Lipinski definition) is 1. The molecule has 0 amide bonds. The van der Waals surface area contributed by atoms with E-state index in [1.165, 1.54) is 23.2 Å². The maximum Gasteiger partial charge on any atom is 0.130 e. The van der Waals surface area contributed by atoms with E-state index >= 15 is 0 Å². The van der Waals surface area contributed by atoms with Crippen LogP contribution in [-0.4, -0.2) is 37.6 Å². The predicted molar refractivity (Wildman–Crippen MR) is 82.5 cm³/mol. The number of anilines is 1. The quantitative estimate of drug-likeness (QED) is 0.931. The van der Waals surface area contributed by atoms with E-state index in [0.29, 0.717) is 0 Å². The van der Waals surface area contributed by atoms with Gasteiger partial charge in [-0.2, -0.15) is 0 Å². The SMILES string of the molecule is COc1cc(CN(C)C)cc2ncc3c(c12)NCCC3. The lowest BCUT2D eigenvalue weighted by molar-refractivity contribution is 0.397. The maximum absolute atomic E-state index is 5.62. The average molecular weight is 271 g/mol. The van der Waals surface area contributed by atoms with E-state index in [0.717, 1.165) is 36.2 Å². The van der Waals surface area contributed by atoms with Gasteiger partial charge >= 0.3 is 0 Å². The fourth-order valence-corrected chi connectivity index (χ4v) is 2.88. The minimum Gasteiger partial charge on any atom is -0.496 e. The topological polar surface area (TPSA) is 37.4 Å². The first-order chi connectivity index (χ1) is 9.69. The molecule has 0 radical (unpaired) electrons. The Hall–Kier alpha value is -1.81. The summed E-state index contributed by atoms with van der Waals surface area (Å²) in [6.07, 6.45) is 4.26. The lowest BCUT2D eigenvalue weighted by Crippen LogP contribution is -2.14. The van der Waals surface area contributed by atoms with Crippen molar-refractivity contribution in [2.24, 2.45) is 0 Å². The van der Waals surface area contributed by atoms with Crippen LogP contribution in [-0.2, 0) is 13.0 Å². The van der Waals surface area contributed by atoms with Crippen LogP contribution < -0.4 is 10.1 Å². The maximum atomic E-state index is 5.62. The number of benzene rings is 1. The van der Waals surface area contributed by atoms with Crippen molar-refractivity contribution >= 4 is 16.6 Å². The molecule has 0 saturated heterocycles. The highest BCUT2D eigenvalue weighted by atomic mass is 16.5. The minimum absolute atomic E-state index is 0.887. The third-order valence-corrected chi connectivity index (χ3v) is 3.72. The lowest BCUT2D eigenvalue weighted by atomic mass is 10.00. The molecule has 3 rings (SSSR count). The first kappa shape index (κ1) is 13.2. The van der Waals surface area contributed by atoms with Gasteiger partial charge in [-0.05, 0) is 50.2 Å². The van der Waals surface area contributed by atoms with E-state index in [1.807, 2.05) is 6.20 Å². The predicted octanol–water partition coefficient (Wildman–Crippen LogP) is 2.66. The molecule has 0 atom stereocenters. The monoisotopic (exact) mass is 271 g/mol. The van der Waals surface area contributed by atoms with Crippen molar-refractivity contribution < 1.29 is 4.74 Å². The Labute approximate surface area is 119 Å². The zero-order valence-electron chi connectivity index (χ0n) is 12.4. The standard InChI is InChI=1S/C16H21N3O/c1-19(2)10-11-7-13-15(14(8-11)20-3)16-12(9-18-13)5-4-6-17-16/h7-9,17H,4-6,10H2,1-3H3. The number of nitrogens with zero attached hydrogens (tertiary/aromatic N) is 2. The average Bonchev–Trinajstić information content (AvgIpc) is 2.45. The Morgan fingerprint density at radius 3 is 2.95 bits per heavy atom. The second-order valence-electron chi connectivity index (χ2n) is 5.62. The van der Waals surface area contributed by atoms with Crippen LogP contribution in [0.4, 0.5) is 5.69 Å². The third-order valence-electron chi connectivity index (χ3n) is 3.72. The van der Waals surface area contributed by atoms with Gasteiger partial charge in [0.15, 0.2) is 0 Å². The normalized spacial score (nSPS) is 14.2. The van der Waals surface area contributed by atoms with Gasteiger partial charge in [0.05, 0.1) is 23.7 Å². The Kier molecular flexibility index (Phi) is 3.49. The van der Waals surface area contributed by atoms with Crippen molar-refractivity contribution in [2.75, 3.05) is 33.1 Å². The van der Waals surface area contributed by atoms with Crippen LogP contribution >= 0.6 is 0 Å². The number of pyridine rings is 1. The Balaban J connectivity index is 2.19. The van der Waals surface area contributed by atoms with Crippen molar-refractivity contribution in [3.05, 3.63) is 29.5 Å². The van der Waals surface area contributed by atoms with Gasteiger partial charge in [0.25, 0.3) is 0 Å². The molecule has 20 heavy (non-hydrogen) atoms. The largest absolute Gasteiger partial charge is 0.496 e. The van der Waals surface area contributed by atoms with Gasteiger partial charge in [-0.15, -0.1) is 0 Å². The molecule has 1 aliphatic heterocycles. The van der Waals surface area contributed by atoms with Crippen molar-refractivity contribution in [1.29, 1.82) is 0 Å². The smallest absolute Gasteiger partial charge is 0.130 e. The molecule has 0 bridgehead atoms. The highest BCUT2D eigenvalue weighted by Gasteiger charge is 2.17. The summed E-state index contributed by atoms with van der Waals surface area (Å²) in [5.41, 5.74) is 4.73. The Bertz CT molecular complexity index is 637. The Morgan fingerprint density at radius 2 is 2.20 bits per heavy atom. The van der Waals surface area contributed by atoms with Crippen LogP contribution in [0.1, 0.15) is 17.5 Å². The molecule has 0 aliphatic carbocycles.